The third-order valence-electron chi connectivity index (χ3n) is 5.69. The second-order valence-corrected chi connectivity index (χ2v) is 10.7. The molecule has 2 heterocycles. The van der Waals surface area contributed by atoms with Crippen LogP contribution in [0.15, 0.2) is 48.5 Å². The molecule has 0 bridgehead atoms. The van der Waals surface area contributed by atoms with Gasteiger partial charge in [0.1, 0.15) is 0 Å². The van der Waals surface area contributed by atoms with Crippen molar-refractivity contribution in [1.82, 2.24) is 4.90 Å². The zero-order chi connectivity index (χ0) is 22.4. The normalized spacial score (nSPS) is 20.2. The number of hydrogen-bond acceptors (Lipinski definition) is 5. The minimum Gasteiger partial charge on any atom is -0.368 e. The highest BCUT2D eigenvalue weighted by Gasteiger charge is 2.50. The van der Waals surface area contributed by atoms with E-state index in [0.717, 1.165) is 9.99 Å². The van der Waals surface area contributed by atoms with Gasteiger partial charge >= 0.3 is 0 Å². The summed E-state index contributed by atoms with van der Waals surface area (Å²) in [6.45, 7) is 5.59. The lowest BCUT2D eigenvalue weighted by Gasteiger charge is -2.36. The van der Waals surface area contributed by atoms with Gasteiger partial charge in [0, 0.05) is 31.9 Å². The van der Waals surface area contributed by atoms with E-state index < -0.39 is 21.3 Å². The monoisotopic (exact) mass is 461 g/mol. The van der Waals surface area contributed by atoms with Crippen molar-refractivity contribution < 1.29 is 18.0 Å². The summed E-state index contributed by atoms with van der Waals surface area (Å²) in [4.78, 5) is 29.8. The van der Waals surface area contributed by atoms with E-state index in [4.69, 9.17) is 11.6 Å². The fourth-order valence-electron chi connectivity index (χ4n) is 4.04. The van der Waals surface area contributed by atoms with Gasteiger partial charge in [-0.25, -0.2) is 12.7 Å². The topological polar surface area (TPSA) is 78.0 Å². The van der Waals surface area contributed by atoms with Crippen molar-refractivity contribution in [3.63, 3.8) is 0 Å². The SMILES string of the molecule is CC1(C)CS(=O)(=O)N(c2ccc(Cl)c(C(=O)N3CCN(c4ccccc4)CC3)c2)C1=O. The average Bonchev–Trinajstić information content (AvgIpc) is 2.91. The van der Waals surface area contributed by atoms with Crippen LogP contribution in [0, 0.1) is 5.41 Å². The van der Waals surface area contributed by atoms with Crippen molar-refractivity contribution in [1.29, 1.82) is 0 Å². The first-order chi connectivity index (χ1) is 14.6. The number of rotatable bonds is 3. The Balaban J connectivity index is 1.56. The van der Waals surface area contributed by atoms with Crippen LogP contribution in [-0.4, -0.2) is 57.1 Å². The maximum absolute atomic E-state index is 13.2. The van der Waals surface area contributed by atoms with Crippen molar-refractivity contribution in [2.45, 2.75) is 13.8 Å². The number of benzene rings is 2. The van der Waals surface area contributed by atoms with Crippen LogP contribution in [0.5, 0.6) is 0 Å². The summed E-state index contributed by atoms with van der Waals surface area (Å²) in [6, 6.07) is 14.3. The molecule has 31 heavy (non-hydrogen) atoms. The Morgan fingerprint density at radius 1 is 0.968 bits per heavy atom. The lowest BCUT2D eigenvalue weighted by molar-refractivity contribution is -0.123. The first-order valence-corrected chi connectivity index (χ1v) is 12.1. The van der Waals surface area contributed by atoms with E-state index in [1.807, 2.05) is 30.3 Å². The molecule has 0 aromatic heterocycles. The molecular formula is C22H24ClN3O4S. The number of carbonyl (C=O) groups excluding carboxylic acids is 2. The Hall–Kier alpha value is -2.58. The molecule has 2 aliphatic heterocycles. The largest absolute Gasteiger partial charge is 0.368 e. The van der Waals surface area contributed by atoms with Crippen molar-refractivity contribution in [3.8, 4) is 0 Å². The van der Waals surface area contributed by atoms with Gasteiger partial charge in [-0.2, -0.15) is 0 Å². The van der Waals surface area contributed by atoms with E-state index in [-0.39, 0.29) is 27.9 Å². The highest BCUT2D eigenvalue weighted by molar-refractivity contribution is 7.94. The van der Waals surface area contributed by atoms with Crippen LogP contribution < -0.4 is 9.21 Å². The van der Waals surface area contributed by atoms with E-state index in [2.05, 4.69) is 4.90 Å². The van der Waals surface area contributed by atoms with Gasteiger partial charge in [0.05, 0.1) is 27.4 Å². The average molecular weight is 462 g/mol. The lowest BCUT2D eigenvalue weighted by atomic mass is 9.95. The third kappa shape index (κ3) is 4.02. The predicted octanol–water partition coefficient (Wildman–Crippen LogP) is 3.01. The summed E-state index contributed by atoms with van der Waals surface area (Å²) < 4.78 is 26.0. The molecule has 0 unspecified atom stereocenters. The van der Waals surface area contributed by atoms with Gasteiger partial charge in [-0.3, -0.25) is 9.59 Å². The molecule has 7 nitrogen and oxygen atoms in total. The maximum Gasteiger partial charge on any atom is 0.255 e. The minimum absolute atomic E-state index is 0.145. The molecular weight excluding hydrogens is 438 g/mol. The Morgan fingerprint density at radius 3 is 2.19 bits per heavy atom. The van der Waals surface area contributed by atoms with Crippen LogP contribution in [0.3, 0.4) is 0 Å². The fraction of sp³-hybridized carbons (Fsp3) is 0.364. The molecule has 0 aliphatic carbocycles. The molecule has 4 rings (SSSR count). The zero-order valence-corrected chi connectivity index (χ0v) is 19.0. The highest BCUT2D eigenvalue weighted by atomic mass is 35.5. The van der Waals surface area contributed by atoms with Crippen molar-refractivity contribution >= 4 is 44.8 Å². The van der Waals surface area contributed by atoms with Gasteiger partial charge in [0.15, 0.2) is 0 Å². The van der Waals surface area contributed by atoms with Crippen LogP contribution in [0.4, 0.5) is 11.4 Å². The summed E-state index contributed by atoms with van der Waals surface area (Å²) >= 11 is 6.29. The molecule has 164 valence electrons. The molecule has 9 heteroatoms. The van der Waals surface area contributed by atoms with Crippen LogP contribution in [0.2, 0.25) is 5.02 Å². The van der Waals surface area contributed by atoms with E-state index >= 15 is 0 Å². The smallest absolute Gasteiger partial charge is 0.255 e. The summed E-state index contributed by atoms with van der Waals surface area (Å²) in [5.41, 5.74) is 0.428. The molecule has 0 spiro atoms. The number of sulfonamides is 1. The Kier molecular flexibility index (Phi) is 5.47. The van der Waals surface area contributed by atoms with Crippen molar-refractivity contribution in [3.05, 3.63) is 59.1 Å². The molecule has 0 radical (unpaired) electrons. The predicted molar refractivity (Wildman–Crippen MR) is 121 cm³/mol. The van der Waals surface area contributed by atoms with Crippen molar-refractivity contribution in [2.24, 2.45) is 5.41 Å². The highest BCUT2D eigenvalue weighted by Crippen LogP contribution is 2.37. The van der Waals surface area contributed by atoms with Gasteiger partial charge in [0.2, 0.25) is 15.9 Å². The first-order valence-electron chi connectivity index (χ1n) is 10.1. The Morgan fingerprint density at radius 2 is 1.61 bits per heavy atom. The second kappa shape index (κ2) is 7.84. The molecule has 2 saturated heterocycles. The standard InChI is InChI=1S/C22H24ClN3O4S/c1-22(2)15-31(29,30)26(21(22)28)17-8-9-19(23)18(14-17)20(27)25-12-10-24(11-13-25)16-6-4-3-5-7-16/h3-9,14H,10-13,15H2,1-2H3. The quantitative estimate of drug-likeness (QED) is 0.702. The molecule has 0 atom stereocenters. The van der Waals surface area contributed by atoms with Gasteiger partial charge in [-0.1, -0.05) is 29.8 Å². The third-order valence-corrected chi connectivity index (χ3v) is 8.04. The van der Waals surface area contributed by atoms with Gasteiger partial charge in [-0.15, -0.1) is 0 Å². The molecule has 2 aromatic rings. The minimum atomic E-state index is -3.81. The summed E-state index contributed by atoms with van der Waals surface area (Å²) in [6.07, 6.45) is 0. The summed E-state index contributed by atoms with van der Waals surface area (Å²) in [5.74, 6) is -1.06. The van der Waals surface area contributed by atoms with Gasteiger partial charge in [-0.05, 0) is 44.2 Å². The maximum atomic E-state index is 13.2. The zero-order valence-electron chi connectivity index (χ0n) is 17.4. The Bertz CT molecular complexity index is 1130. The number of amides is 2. The summed E-state index contributed by atoms with van der Waals surface area (Å²) in [5, 5.41) is 0.225. The number of hydrogen-bond donors (Lipinski definition) is 0. The number of para-hydroxylation sites is 1. The molecule has 2 aromatic carbocycles. The molecule has 2 fully saturated rings. The van der Waals surface area contributed by atoms with E-state index in [0.29, 0.717) is 26.2 Å². The van der Waals surface area contributed by atoms with Crippen LogP contribution >= 0.6 is 11.6 Å². The Labute approximate surface area is 187 Å². The van der Waals surface area contributed by atoms with E-state index in [1.165, 1.54) is 18.2 Å². The number of halogens is 1. The number of anilines is 2. The lowest BCUT2D eigenvalue weighted by Crippen LogP contribution is -2.48. The van der Waals surface area contributed by atoms with Crippen molar-refractivity contribution in [2.75, 3.05) is 41.1 Å². The van der Waals surface area contributed by atoms with Gasteiger partial charge < -0.3 is 9.80 Å². The van der Waals surface area contributed by atoms with E-state index in [1.54, 1.807) is 18.7 Å². The second-order valence-electron chi connectivity index (χ2n) is 8.49. The summed E-state index contributed by atoms with van der Waals surface area (Å²) in [7, 11) is -3.81. The van der Waals surface area contributed by atoms with Crippen LogP contribution in [0.25, 0.3) is 0 Å². The molecule has 2 amide bonds. The first kappa shape index (κ1) is 21.6. The molecule has 0 N–H and O–H groups in total. The number of carbonyl (C=O) groups is 2. The number of piperazine rings is 1. The van der Waals surface area contributed by atoms with Gasteiger partial charge in [0.25, 0.3) is 5.91 Å². The van der Waals surface area contributed by atoms with E-state index in [9.17, 15) is 18.0 Å². The van der Waals surface area contributed by atoms with Crippen LogP contribution in [-0.2, 0) is 14.8 Å². The molecule has 2 aliphatic rings. The fourth-order valence-corrected chi connectivity index (χ4v) is 6.34. The molecule has 0 saturated carbocycles. The number of nitrogens with zero attached hydrogens (tertiary/aromatic N) is 3. The van der Waals surface area contributed by atoms with Crippen LogP contribution in [0.1, 0.15) is 24.2 Å².